The quantitative estimate of drug-likeness (QED) is 0.421. The van der Waals surface area contributed by atoms with Crippen LogP contribution in [0.2, 0.25) is 0 Å². The van der Waals surface area contributed by atoms with Gasteiger partial charge in [0, 0.05) is 10.9 Å². The predicted molar refractivity (Wildman–Crippen MR) is 89.4 cm³/mol. The fourth-order valence-electron chi connectivity index (χ4n) is 2.93. The Morgan fingerprint density at radius 3 is 2.41 bits per heavy atom. The Balaban J connectivity index is 2.00. The van der Waals surface area contributed by atoms with Crippen molar-refractivity contribution >= 4 is 21.7 Å². The van der Waals surface area contributed by atoms with Gasteiger partial charge in [0.1, 0.15) is 5.82 Å². The summed E-state index contributed by atoms with van der Waals surface area (Å²) in [5, 5.41) is 3.58. The highest BCUT2D eigenvalue weighted by atomic mass is 19.1. The van der Waals surface area contributed by atoms with Crippen LogP contribution in [0.1, 0.15) is 5.56 Å². The average molecular weight is 287 g/mol. The third-order valence-corrected chi connectivity index (χ3v) is 4.03. The first-order valence-electron chi connectivity index (χ1n) is 7.27. The molecular formula is C20H14FN. The number of aryl methyl sites for hydroxylation is 1. The van der Waals surface area contributed by atoms with Gasteiger partial charge in [-0.05, 0) is 59.7 Å². The van der Waals surface area contributed by atoms with Gasteiger partial charge in [0.15, 0.2) is 0 Å². The summed E-state index contributed by atoms with van der Waals surface area (Å²) in [7, 11) is 0. The van der Waals surface area contributed by atoms with Gasteiger partial charge in [-0.3, -0.25) is 0 Å². The first-order valence-corrected chi connectivity index (χ1v) is 7.27. The van der Waals surface area contributed by atoms with Gasteiger partial charge in [0.05, 0.1) is 11.2 Å². The van der Waals surface area contributed by atoms with Gasteiger partial charge in [0.25, 0.3) is 0 Å². The van der Waals surface area contributed by atoms with Gasteiger partial charge in [0.2, 0.25) is 0 Å². The maximum atomic E-state index is 13.1. The second kappa shape index (κ2) is 4.92. The number of hydrogen-bond acceptors (Lipinski definition) is 1. The molecule has 1 aromatic heterocycles. The topological polar surface area (TPSA) is 12.9 Å². The molecule has 106 valence electrons. The third-order valence-electron chi connectivity index (χ3n) is 4.03. The van der Waals surface area contributed by atoms with Crippen molar-refractivity contribution in [1.29, 1.82) is 0 Å². The number of benzene rings is 3. The molecule has 0 amide bonds. The van der Waals surface area contributed by atoms with Crippen molar-refractivity contribution in [1.82, 2.24) is 4.98 Å². The molecule has 2 heteroatoms. The van der Waals surface area contributed by atoms with E-state index in [4.69, 9.17) is 4.98 Å². The minimum absolute atomic E-state index is 0.229. The molecule has 0 aliphatic carbocycles. The van der Waals surface area contributed by atoms with Gasteiger partial charge in [-0.15, -0.1) is 0 Å². The Morgan fingerprint density at radius 2 is 1.59 bits per heavy atom. The highest BCUT2D eigenvalue weighted by Crippen LogP contribution is 2.29. The molecule has 4 rings (SSSR count). The maximum Gasteiger partial charge on any atom is 0.123 e. The minimum Gasteiger partial charge on any atom is -0.247 e. The highest BCUT2D eigenvalue weighted by molar-refractivity contribution is 6.06. The lowest BCUT2D eigenvalue weighted by molar-refractivity contribution is 0.628. The Hall–Kier alpha value is -2.74. The molecule has 22 heavy (non-hydrogen) atoms. The lowest BCUT2D eigenvalue weighted by Crippen LogP contribution is -1.91. The molecule has 0 unspecified atom stereocenters. The molecule has 1 nitrogen and oxygen atoms in total. The zero-order chi connectivity index (χ0) is 15.1. The molecule has 0 saturated carbocycles. The number of nitrogens with zero attached hydrogens (tertiary/aromatic N) is 1. The van der Waals surface area contributed by atoms with Crippen molar-refractivity contribution in [3.8, 4) is 11.3 Å². The van der Waals surface area contributed by atoms with Crippen molar-refractivity contribution in [3.05, 3.63) is 78.1 Å². The van der Waals surface area contributed by atoms with Gasteiger partial charge in [-0.25, -0.2) is 9.37 Å². The van der Waals surface area contributed by atoms with E-state index >= 15 is 0 Å². The number of hydrogen-bond donors (Lipinski definition) is 0. The fourth-order valence-corrected chi connectivity index (χ4v) is 2.93. The Bertz CT molecular complexity index is 988. The van der Waals surface area contributed by atoms with Gasteiger partial charge in [-0.1, -0.05) is 30.3 Å². The van der Waals surface area contributed by atoms with E-state index in [1.54, 1.807) is 12.1 Å². The van der Waals surface area contributed by atoms with Crippen molar-refractivity contribution in [3.63, 3.8) is 0 Å². The second-order valence-corrected chi connectivity index (χ2v) is 5.51. The van der Waals surface area contributed by atoms with Crippen molar-refractivity contribution in [2.24, 2.45) is 0 Å². The molecule has 0 aliphatic rings. The van der Waals surface area contributed by atoms with Crippen LogP contribution in [-0.4, -0.2) is 4.98 Å². The average Bonchev–Trinajstić information content (AvgIpc) is 2.55. The van der Waals surface area contributed by atoms with E-state index in [1.807, 2.05) is 25.1 Å². The van der Waals surface area contributed by atoms with E-state index in [0.717, 1.165) is 27.7 Å². The van der Waals surface area contributed by atoms with E-state index in [9.17, 15) is 4.39 Å². The molecule has 0 bridgehead atoms. The number of aromatic nitrogens is 1. The minimum atomic E-state index is -0.229. The van der Waals surface area contributed by atoms with Gasteiger partial charge in [-0.2, -0.15) is 0 Å². The zero-order valence-corrected chi connectivity index (χ0v) is 12.2. The van der Waals surface area contributed by atoms with Crippen molar-refractivity contribution in [2.45, 2.75) is 6.92 Å². The van der Waals surface area contributed by atoms with Crippen LogP contribution in [0.3, 0.4) is 0 Å². The summed E-state index contributed by atoms with van der Waals surface area (Å²) >= 11 is 0. The number of halogens is 1. The number of rotatable bonds is 1. The molecule has 0 aliphatic heterocycles. The van der Waals surface area contributed by atoms with E-state index in [0.29, 0.717) is 0 Å². The highest BCUT2D eigenvalue weighted by Gasteiger charge is 2.08. The molecule has 0 atom stereocenters. The third kappa shape index (κ3) is 2.04. The van der Waals surface area contributed by atoms with Gasteiger partial charge < -0.3 is 0 Å². The number of fused-ring (bicyclic) bond motifs is 3. The molecule has 3 aromatic carbocycles. The van der Waals surface area contributed by atoms with Crippen LogP contribution < -0.4 is 0 Å². The molecule has 0 radical (unpaired) electrons. The first kappa shape index (κ1) is 13.0. The van der Waals surface area contributed by atoms with E-state index in [-0.39, 0.29) is 5.82 Å². The van der Waals surface area contributed by atoms with Crippen LogP contribution in [0.25, 0.3) is 32.9 Å². The Kier molecular flexibility index (Phi) is 2.90. The standard InChI is InChI=1S/C20H14FN/c1-13-12-18-17-5-3-2-4-14(17)8-11-19(18)22-20(13)15-6-9-16(21)10-7-15/h2-12H,1H3. The number of pyridine rings is 1. The Morgan fingerprint density at radius 1 is 0.818 bits per heavy atom. The lowest BCUT2D eigenvalue weighted by Gasteiger charge is -2.09. The van der Waals surface area contributed by atoms with Crippen LogP contribution in [0, 0.1) is 12.7 Å². The summed E-state index contributed by atoms with van der Waals surface area (Å²) in [4.78, 5) is 4.80. The molecule has 0 fully saturated rings. The molecule has 0 saturated heterocycles. The van der Waals surface area contributed by atoms with Crippen LogP contribution in [0.5, 0.6) is 0 Å². The predicted octanol–water partition coefficient (Wildman–Crippen LogP) is 5.50. The van der Waals surface area contributed by atoms with Crippen LogP contribution in [0.15, 0.2) is 66.7 Å². The monoisotopic (exact) mass is 287 g/mol. The molecule has 0 N–H and O–H groups in total. The Labute approximate surface area is 128 Å². The molecule has 0 spiro atoms. The summed E-state index contributed by atoms with van der Waals surface area (Å²) < 4.78 is 13.1. The zero-order valence-electron chi connectivity index (χ0n) is 12.2. The lowest BCUT2D eigenvalue weighted by atomic mass is 10.0. The van der Waals surface area contributed by atoms with Crippen LogP contribution in [0.4, 0.5) is 4.39 Å². The largest absolute Gasteiger partial charge is 0.247 e. The summed E-state index contributed by atoms with van der Waals surface area (Å²) in [5.41, 5.74) is 3.90. The van der Waals surface area contributed by atoms with Gasteiger partial charge >= 0.3 is 0 Å². The summed E-state index contributed by atoms with van der Waals surface area (Å²) in [6.07, 6.45) is 0. The fraction of sp³-hybridized carbons (Fsp3) is 0.0500. The normalized spacial score (nSPS) is 11.2. The van der Waals surface area contributed by atoms with Crippen molar-refractivity contribution < 1.29 is 4.39 Å². The maximum absolute atomic E-state index is 13.1. The second-order valence-electron chi connectivity index (χ2n) is 5.51. The van der Waals surface area contributed by atoms with Crippen molar-refractivity contribution in [2.75, 3.05) is 0 Å². The smallest absolute Gasteiger partial charge is 0.123 e. The molecule has 4 aromatic rings. The summed E-state index contributed by atoms with van der Waals surface area (Å²) in [6.45, 7) is 2.05. The molecule has 1 heterocycles. The molecular weight excluding hydrogens is 273 g/mol. The van der Waals surface area contributed by atoms with Crippen LogP contribution in [-0.2, 0) is 0 Å². The van der Waals surface area contributed by atoms with E-state index < -0.39 is 0 Å². The summed E-state index contributed by atoms with van der Waals surface area (Å²) in [5.74, 6) is -0.229. The van der Waals surface area contributed by atoms with E-state index in [1.165, 1.54) is 22.9 Å². The summed E-state index contributed by atoms with van der Waals surface area (Å²) in [6, 6.07) is 21.1. The first-order chi connectivity index (χ1) is 10.7. The SMILES string of the molecule is Cc1cc2c(ccc3ccccc32)nc1-c1ccc(F)cc1. The van der Waals surface area contributed by atoms with Crippen LogP contribution >= 0.6 is 0 Å². The van der Waals surface area contributed by atoms with E-state index in [2.05, 4.69) is 24.3 Å².